The monoisotopic (exact) mass is 264 g/mol. The fourth-order valence-electron chi connectivity index (χ4n) is 2.39. The van der Waals surface area contributed by atoms with Crippen molar-refractivity contribution >= 4 is 0 Å². The molecular weight excluding hydrogens is 240 g/mol. The molecule has 1 aliphatic rings. The lowest BCUT2D eigenvalue weighted by Gasteiger charge is -2.32. The van der Waals surface area contributed by atoms with E-state index in [4.69, 9.17) is 9.47 Å². The fraction of sp³-hybridized carbons (Fsp3) is 0.600. The van der Waals surface area contributed by atoms with E-state index >= 15 is 0 Å². The molecule has 1 unspecified atom stereocenters. The number of nitrogens with zero attached hydrogens (tertiary/aromatic N) is 1. The van der Waals surface area contributed by atoms with Gasteiger partial charge in [0.05, 0.1) is 19.3 Å². The first-order valence-electron chi connectivity index (χ1n) is 7.02. The third-order valence-corrected chi connectivity index (χ3v) is 3.30. The number of benzene rings is 1. The molecule has 1 atom stereocenters. The van der Waals surface area contributed by atoms with Crippen molar-refractivity contribution in [1.82, 2.24) is 10.2 Å². The zero-order valence-electron chi connectivity index (χ0n) is 11.9. The maximum Gasteiger partial charge on any atom is 0.119 e. The molecule has 4 heteroatoms. The molecule has 1 saturated heterocycles. The smallest absolute Gasteiger partial charge is 0.119 e. The highest BCUT2D eigenvalue weighted by molar-refractivity contribution is 5.27. The van der Waals surface area contributed by atoms with Crippen LogP contribution in [0.5, 0.6) is 5.75 Å². The van der Waals surface area contributed by atoms with E-state index < -0.39 is 0 Å². The van der Waals surface area contributed by atoms with Crippen LogP contribution >= 0.6 is 0 Å². The summed E-state index contributed by atoms with van der Waals surface area (Å²) in [7, 11) is 1.97. The van der Waals surface area contributed by atoms with E-state index in [9.17, 15) is 0 Å². The Hall–Kier alpha value is -1.10. The van der Waals surface area contributed by atoms with Crippen LogP contribution in [0.2, 0.25) is 0 Å². The third kappa shape index (κ3) is 4.49. The number of hydrogen-bond acceptors (Lipinski definition) is 4. The summed E-state index contributed by atoms with van der Waals surface area (Å²) in [6.45, 7) is 7.44. The Morgan fingerprint density at radius 1 is 1.37 bits per heavy atom. The van der Waals surface area contributed by atoms with E-state index in [1.165, 1.54) is 5.56 Å². The average Bonchev–Trinajstić information content (AvgIpc) is 2.42. The molecule has 1 fully saturated rings. The first kappa shape index (κ1) is 14.3. The molecular formula is C15H24N2O2. The van der Waals surface area contributed by atoms with Gasteiger partial charge in [-0.1, -0.05) is 12.1 Å². The van der Waals surface area contributed by atoms with Gasteiger partial charge >= 0.3 is 0 Å². The van der Waals surface area contributed by atoms with Crippen LogP contribution in [0.3, 0.4) is 0 Å². The van der Waals surface area contributed by atoms with Crippen molar-refractivity contribution < 1.29 is 9.47 Å². The van der Waals surface area contributed by atoms with Crippen LogP contribution in [0.15, 0.2) is 24.3 Å². The van der Waals surface area contributed by atoms with Gasteiger partial charge in [-0.05, 0) is 31.7 Å². The maximum atomic E-state index is 5.71. The van der Waals surface area contributed by atoms with Gasteiger partial charge in [0.15, 0.2) is 0 Å². The molecule has 1 N–H and O–H groups in total. The second kappa shape index (κ2) is 7.48. The Labute approximate surface area is 115 Å². The van der Waals surface area contributed by atoms with Crippen molar-refractivity contribution in [3.05, 3.63) is 29.8 Å². The predicted octanol–water partition coefficient (Wildman–Crippen LogP) is 1.51. The summed E-state index contributed by atoms with van der Waals surface area (Å²) < 4.78 is 11.2. The van der Waals surface area contributed by atoms with Gasteiger partial charge in [0.2, 0.25) is 0 Å². The van der Waals surface area contributed by atoms with E-state index in [1.807, 2.05) is 26.1 Å². The van der Waals surface area contributed by atoms with Gasteiger partial charge in [-0.3, -0.25) is 4.90 Å². The molecule has 4 nitrogen and oxygen atoms in total. The normalized spacial score (nSPS) is 20.4. The van der Waals surface area contributed by atoms with E-state index in [2.05, 4.69) is 22.3 Å². The fourth-order valence-corrected chi connectivity index (χ4v) is 2.39. The summed E-state index contributed by atoms with van der Waals surface area (Å²) in [4.78, 5) is 2.45. The SMILES string of the molecule is CCOc1ccc(CN2CCOC(CNC)C2)cc1. The summed E-state index contributed by atoms with van der Waals surface area (Å²) in [5.74, 6) is 0.946. The van der Waals surface area contributed by atoms with Crippen molar-refractivity contribution in [2.45, 2.75) is 19.6 Å². The van der Waals surface area contributed by atoms with Crippen LogP contribution in [0.25, 0.3) is 0 Å². The number of ether oxygens (including phenoxy) is 2. The zero-order chi connectivity index (χ0) is 13.5. The van der Waals surface area contributed by atoms with Crippen LogP contribution in [-0.2, 0) is 11.3 Å². The minimum atomic E-state index is 0.307. The Kier molecular flexibility index (Phi) is 5.63. The van der Waals surface area contributed by atoms with Gasteiger partial charge in [-0.25, -0.2) is 0 Å². The topological polar surface area (TPSA) is 33.7 Å². The predicted molar refractivity (Wildman–Crippen MR) is 76.6 cm³/mol. The Bertz CT molecular complexity index is 365. The number of nitrogens with one attached hydrogen (secondary N) is 1. The second-order valence-electron chi connectivity index (χ2n) is 4.86. The lowest BCUT2D eigenvalue weighted by molar-refractivity contribution is -0.0291. The number of likely N-dealkylation sites (N-methyl/N-ethyl adjacent to an activating group) is 1. The molecule has 19 heavy (non-hydrogen) atoms. The van der Waals surface area contributed by atoms with E-state index in [-0.39, 0.29) is 0 Å². The molecule has 2 rings (SSSR count). The van der Waals surface area contributed by atoms with E-state index in [0.29, 0.717) is 12.7 Å². The molecule has 1 aromatic rings. The lowest BCUT2D eigenvalue weighted by atomic mass is 10.2. The molecule has 1 aliphatic heterocycles. The van der Waals surface area contributed by atoms with Gasteiger partial charge < -0.3 is 14.8 Å². The summed E-state index contributed by atoms with van der Waals surface area (Å²) in [6.07, 6.45) is 0.307. The van der Waals surface area contributed by atoms with Crippen LogP contribution in [-0.4, -0.2) is 50.9 Å². The molecule has 1 heterocycles. The number of morpholine rings is 1. The standard InChI is InChI=1S/C15H24N2O2/c1-3-18-14-6-4-13(5-7-14)11-17-8-9-19-15(12-17)10-16-2/h4-7,15-16H,3,8-12H2,1-2H3. The second-order valence-corrected chi connectivity index (χ2v) is 4.86. The average molecular weight is 264 g/mol. The van der Waals surface area contributed by atoms with Gasteiger partial charge in [0, 0.05) is 26.2 Å². The lowest BCUT2D eigenvalue weighted by Crippen LogP contribution is -2.45. The van der Waals surface area contributed by atoms with Crippen molar-refractivity contribution in [3.8, 4) is 5.75 Å². The van der Waals surface area contributed by atoms with Crippen LogP contribution < -0.4 is 10.1 Å². The minimum Gasteiger partial charge on any atom is -0.494 e. The molecule has 0 aromatic heterocycles. The van der Waals surface area contributed by atoms with Crippen molar-refractivity contribution in [3.63, 3.8) is 0 Å². The molecule has 1 aromatic carbocycles. The first-order valence-corrected chi connectivity index (χ1v) is 7.02. The highest BCUT2D eigenvalue weighted by Crippen LogP contribution is 2.15. The van der Waals surface area contributed by atoms with Crippen molar-refractivity contribution in [1.29, 1.82) is 0 Å². The first-order chi connectivity index (χ1) is 9.31. The maximum absolute atomic E-state index is 5.71. The largest absolute Gasteiger partial charge is 0.494 e. The molecule has 0 bridgehead atoms. The third-order valence-electron chi connectivity index (χ3n) is 3.30. The summed E-state index contributed by atoms with van der Waals surface area (Å²) in [5, 5.41) is 3.18. The van der Waals surface area contributed by atoms with Crippen LogP contribution in [0.1, 0.15) is 12.5 Å². The van der Waals surface area contributed by atoms with Crippen LogP contribution in [0, 0.1) is 0 Å². The molecule has 0 aliphatic carbocycles. The quantitative estimate of drug-likeness (QED) is 0.844. The molecule has 106 valence electrons. The number of hydrogen-bond donors (Lipinski definition) is 1. The zero-order valence-corrected chi connectivity index (χ0v) is 11.9. The summed E-state index contributed by atoms with van der Waals surface area (Å²) in [5.41, 5.74) is 1.33. The Balaban J connectivity index is 1.85. The summed E-state index contributed by atoms with van der Waals surface area (Å²) in [6, 6.07) is 8.38. The van der Waals surface area contributed by atoms with Gasteiger partial charge in [-0.15, -0.1) is 0 Å². The Morgan fingerprint density at radius 2 is 2.16 bits per heavy atom. The summed E-state index contributed by atoms with van der Waals surface area (Å²) >= 11 is 0. The van der Waals surface area contributed by atoms with Crippen LogP contribution in [0.4, 0.5) is 0 Å². The van der Waals surface area contributed by atoms with Gasteiger partial charge in [-0.2, -0.15) is 0 Å². The minimum absolute atomic E-state index is 0.307. The number of rotatable bonds is 6. The van der Waals surface area contributed by atoms with Gasteiger partial charge in [0.1, 0.15) is 5.75 Å². The highest BCUT2D eigenvalue weighted by atomic mass is 16.5. The highest BCUT2D eigenvalue weighted by Gasteiger charge is 2.19. The molecule has 0 saturated carbocycles. The Morgan fingerprint density at radius 3 is 2.84 bits per heavy atom. The van der Waals surface area contributed by atoms with Crippen molar-refractivity contribution in [2.24, 2.45) is 0 Å². The molecule has 0 amide bonds. The van der Waals surface area contributed by atoms with E-state index in [1.54, 1.807) is 0 Å². The molecule has 0 radical (unpaired) electrons. The molecule has 0 spiro atoms. The van der Waals surface area contributed by atoms with E-state index in [0.717, 1.165) is 38.5 Å². The van der Waals surface area contributed by atoms with Gasteiger partial charge in [0.25, 0.3) is 0 Å². The van der Waals surface area contributed by atoms with Crippen molar-refractivity contribution in [2.75, 3.05) is 39.9 Å².